The third kappa shape index (κ3) is 14.1. The number of nitrogens with zero attached hydrogens (tertiary/aromatic N) is 4. The summed E-state index contributed by atoms with van der Waals surface area (Å²) in [5.74, 6) is 0. The highest BCUT2D eigenvalue weighted by atomic mass is 15.2. The Balaban J connectivity index is 1.18. The summed E-state index contributed by atoms with van der Waals surface area (Å²) in [4.78, 5) is 11.2. The minimum atomic E-state index is -0.351. The summed E-state index contributed by atoms with van der Waals surface area (Å²) >= 11 is 0. The zero-order chi connectivity index (χ0) is 80.4. The van der Waals surface area contributed by atoms with Gasteiger partial charge in [0.1, 0.15) is 0 Å². The number of hydrogen-bond acceptors (Lipinski definition) is 3. The fourth-order valence-corrected chi connectivity index (χ4v) is 16.9. The van der Waals surface area contributed by atoms with Crippen molar-refractivity contribution < 1.29 is 0 Å². The van der Waals surface area contributed by atoms with E-state index in [9.17, 15) is 0 Å². The Bertz CT molecular complexity index is 5660. The molecule has 0 bridgehead atoms. The monoisotopic (exact) mass is 1470 g/mol. The molecule has 0 aliphatic carbocycles. The summed E-state index contributed by atoms with van der Waals surface area (Å²) in [6, 6.07) is 91.4. The van der Waals surface area contributed by atoms with Crippen molar-refractivity contribution in [2.75, 3.05) is 9.80 Å². The number of aromatic nitrogens is 2. The predicted octanol–water partition coefficient (Wildman–Crippen LogP) is 28.3. The highest BCUT2D eigenvalue weighted by Gasteiger charge is 2.47. The van der Waals surface area contributed by atoms with Crippen molar-refractivity contribution in [3.8, 4) is 61.3 Å². The van der Waals surface area contributed by atoms with Gasteiger partial charge in [0, 0.05) is 83.7 Å². The summed E-state index contributed by atoms with van der Waals surface area (Å²) in [6.07, 6.45) is 0. The molecule has 0 saturated heterocycles. The van der Waals surface area contributed by atoms with Crippen molar-refractivity contribution in [2.24, 2.45) is 0 Å². The van der Waals surface area contributed by atoms with Crippen LogP contribution in [0.25, 0.3) is 83.1 Å². The van der Waals surface area contributed by atoms with Gasteiger partial charge in [-0.05, 0) is 218 Å². The zero-order valence-corrected chi connectivity index (χ0v) is 72.3. The van der Waals surface area contributed by atoms with Crippen LogP contribution < -0.4 is 26.2 Å². The molecule has 0 fully saturated rings. The third-order valence-corrected chi connectivity index (χ3v) is 24.0. The van der Waals surface area contributed by atoms with Gasteiger partial charge in [-0.3, -0.25) is 4.98 Å². The van der Waals surface area contributed by atoms with Gasteiger partial charge in [-0.15, -0.1) is 0 Å². The first kappa shape index (κ1) is 77.4. The van der Waals surface area contributed by atoms with Gasteiger partial charge in [-0.2, -0.15) is 0 Å². The lowest BCUT2D eigenvalue weighted by Gasteiger charge is -2.47. The van der Waals surface area contributed by atoms with Gasteiger partial charge in [-0.1, -0.05) is 326 Å². The van der Waals surface area contributed by atoms with E-state index in [0.29, 0.717) is 0 Å². The smallest absolute Gasteiger partial charge is 0.252 e. The number of hydrogen-bond donors (Lipinski definition) is 0. The van der Waals surface area contributed by atoms with Crippen LogP contribution in [-0.4, -0.2) is 16.3 Å². The number of rotatable bonds is 8. The Morgan fingerprint density at radius 1 is 0.241 bits per heavy atom. The van der Waals surface area contributed by atoms with E-state index in [1.54, 1.807) is 0 Å². The molecule has 0 atom stereocenters. The van der Waals surface area contributed by atoms with Gasteiger partial charge in [0.25, 0.3) is 6.71 Å². The number of anilines is 6. The molecular formula is C107H119BN4. The number of benzene rings is 11. The normalized spacial score (nSPS) is 13.8. The van der Waals surface area contributed by atoms with Crippen LogP contribution in [0.2, 0.25) is 0 Å². The fraction of sp³-hybridized carbons (Fsp3) is 0.336. The molecule has 4 heterocycles. The van der Waals surface area contributed by atoms with Crippen molar-refractivity contribution in [1.29, 1.82) is 0 Å². The standard InChI is InChI=1S/C107H119BN4/c1-99(2,3)72-44-49-88-84(57-72)85-58-73(100(4,5)6)45-50-89(85)110(88)79-46-48-87-91(65-79)112(98-82(68-41-35-30-36-42-68)61-77(104(16,17)18)62-83(98)71-54-94(106(22,23)24)109-95(55-71)107(25,26)27)93-64-78(105(19,20)21)63-92-96(93)108(87)86-47-43-69(70-51-74(101(7,8)9)56-75(52-70)102(10,11)12)53-90(86)111(92)97-80(66-37-31-28-32-38-66)59-76(103(13,14)15)60-81(97)67-39-33-29-34-40-67/h28-65H,1-27H3. The van der Waals surface area contributed by atoms with Gasteiger partial charge >= 0.3 is 0 Å². The third-order valence-electron chi connectivity index (χ3n) is 24.0. The van der Waals surface area contributed by atoms with Gasteiger partial charge in [0.2, 0.25) is 0 Å². The molecule has 0 amide bonds. The second-order valence-corrected chi connectivity index (χ2v) is 42.0. The Morgan fingerprint density at radius 3 is 0.946 bits per heavy atom. The van der Waals surface area contributed by atoms with Crippen LogP contribution in [0.1, 0.15) is 237 Å². The van der Waals surface area contributed by atoms with Gasteiger partial charge < -0.3 is 14.4 Å². The number of pyridine rings is 1. The lowest BCUT2D eigenvalue weighted by Crippen LogP contribution is -2.61. The minimum absolute atomic E-state index is 0.0674. The minimum Gasteiger partial charge on any atom is -0.310 e. The molecule has 2 aliphatic heterocycles. The van der Waals surface area contributed by atoms with E-state index in [0.717, 1.165) is 56.5 Å². The lowest BCUT2D eigenvalue weighted by molar-refractivity contribution is 0.531. The molecule has 5 heteroatoms. The van der Waals surface area contributed by atoms with Crippen LogP contribution in [-0.2, 0) is 48.7 Å². The Kier molecular flexibility index (Phi) is 18.5. The molecule has 13 aromatic rings. The van der Waals surface area contributed by atoms with E-state index >= 15 is 0 Å². The lowest BCUT2D eigenvalue weighted by atomic mass is 9.33. The maximum Gasteiger partial charge on any atom is 0.252 e. The molecular weight excluding hydrogens is 1350 g/mol. The molecule has 0 spiro atoms. The van der Waals surface area contributed by atoms with E-state index < -0.39 is 0 Å². The highest BCUT2D eigenvalue weighted by molar-refractivity contribution is 7.00. The molecule has 2 aromatic heterocycles. The molecule has 0 unspecified atom stereocenters. The van der Waals surface area contributed by atoms with Crippen molar-refractivity contribution in [3.05, 3.63) is 281 Å². The largest absolute Gasteiger partial charge is 0.310 e. The Morgan fingerprint density at radius 2 is 0.580 bits per heavy atom. The van der Waals surface area contributed by atoms with Gasteiger partial charge in [0.15, 0.2) is 0 Å². The average Bonchev–Trinajstić information content (AvgIpc) is 0.700. The molecule has 4 nitrogen and oxygen atoms in total. The van der Waals surface area contributed by atoms with Crippen LogP contribution in [0.15, 0.2) is 231 Å². The Hall–Kier alpha value is -9.97. The van der Waals surface area contributed by atoms with Crippen molar-refractivity contribution in [3.63, 3.8) is 0 Å². The maximum absolute atomic E-state index is 5.64. The van der Waals surface area contributed by atoms with Gasteiger partial charge in [0.05, 0.1) is 22.4 Å². The highest BCUT2D eigenvalue weighted by Crippen LogP contribution is 2.57. The molecule has 0 saturated carbocycles. The molecule has 15 rings (SSSR count). The number of fused-ring (bicyclic) bond motifs is 7. The summed E-state index contributed by atoms with van der Waals surface area (Å²) in [7, 11) is 0. The van der Waals surface area contributed by atoms with Crippen LogP contribution in [0.3, 0.4) is 0 Å². The van der Waals surface area contributed by atoms with Crippen LogP contribution >= 0.6 is 0 Å². The molecule has 0 radical (unpaired) electrons. The average molecular weight is 1470 g/mol. The summed E-state index contributed by atoms with van der Waals surface area (Å²) in [6.45, 7) is 63.5. The first-order valence-corrected chi connectivity index (χ1v) is 41.1. The molecule has 112 heavy (non-hydrogen) atoms. The molecule has 0 N–H and O–H groups in total. The van der Waals surface area contributed by atoms with Crippen LogP contribution in [0.4, 0.5) is 34.1 Å². The molecule has 2 aliphatic rings. The second kappa shape index (κ2) is 26.9. The van der Waals surface area contributed by atoms with E-state index in [1.807, 2.05) is 0 Å². The summed E-state index contributed by atoms with van der Waals surface area (Å²) in [5.41, 5.74) is 35.5. The summed E-state index contributed by atoms with van der Waals surface area (Å²) < 4.78 is 2.59. The molecule has 11 aromatic carbocycles. The van der Waals surface area contributed by atoms with E-state index in [2.05, 4.69) is 432 Å². The van der Waals surface area contributed by atoms with Crippen molar-refractivity contribution in [1.82, 2.24) is 9.55 Å². The van der Waals surface area contributed by atoms with E-state index in [1.165, 1.54) is 127 Å². The molecule has 570 valence electrons. The maximum atomic E-state index is 5.64. The quantitative estimate of drug-likeness (QED) is 0.142. The predicted molar refractivity (Wildman–Crippen MR) is 488 cm³/mol. The topological polar surface area (TPSA) is 24.3 Å². The van der Waals surface area contributed by atoms with Crippen LogP contribution in [0, 0.1) is 0 Å². The summed E-state index contributed by atoms with van der Waals surface area (Å²) in [5, 5.41) is 2.53. The van der Waals surface area contributed by atoms with Crippen molar-refractivity contribution >= 4 is 79.0 Å². The SMILES string of the molecule is CC(C)(C)c1cc(-c2ccc3c(c2)N(c2c(-c4ccccc4)cc(C(C)(C)C)cc2-c2ccccc2)c2cc(C(C)(C)C)cc4c2B3c2ccc(-n3c5ccc(C(C)(C)C)cc5c5cc(C(C)(C)C)ccc53)cc2N4c2c(-c3ccccc3)cc(C(C)(C)C)cc2-c2cc(C(C)(C)C)nc(C(C)(C)C)c2)cc(C(C)(C)C)c1. The van der Waals surface area contributed by atoms with Gasteiger partial charge in [-0.25, -0.2) is 0 Å². The first-order chi connectivity index (χ1) is 52.2. The van der Waals surface area contributed by atoms with E-state index in [4.69, 9.17) is 4.98 Å². The fourth-order valence-electron chi connectivity index (χ4n) is 16.9. The first-order valence-electron chi connectivity index (χ1n) is 41.1. The Labute approximate surface area is 671 Å². The van der Waals surface area contributed by atoms with Crippen molar-refractivity contribution in [2.45, 2.75) is 236 Å². The van der Waals surface area contributed by atoms with Crippen LogP contribution in [0.5, 0.6) is 0 Å². The second-order valence-electron chi connectivity index (χ2n) is 42.0. The van der Waals surface area contributed by atoms with E-state index in [-0.39, 0.29) is 55.4 Å². The zero-order valence-electron chi connectivity index (χ0n) is 72.3.